The average Bonchev–Trinajstić information content (AvgIpc) is 3.61. The number of hydrogen-bond acceptors (Lipinski definition) is 3. The monoisotopic (exact) mass is 748 g/mol. The number of allylic oxidation sites excluding steroid dienone is 11. The first-order valence-electron chi connectivity index (χ1n) is 20.2. The first-order chi connectivity index (χ1) is 28.5. The Morgan fingerprint density at radius 1 is 0.707 bits per heavy atom. The molecule has 58 heavy (non-hydrogen) atoms. The summed E-state index contributed by atoms with van der Waals surface area (Å²) in [6.07, 6.45) is 18.1. The van der Waals surface area contributed by atoms with E-state index in [2.05, 4.69) is 176 Å². The van der Waals surface area contributed by atoms with Crippen LogP contribution in [0.1, 0.15) is 47.6 Å². The molecule has 10 rings (SSSR count). The number of nitrogens with zero attached hydrogens (tertiary/aromatic N) is 2. The predicted octanol–water partition coefficient (Wildman–Crippen LogP) is 14.2. The summed E-state index contributed by atoms with van der Waals surface area (Å²) in [4.78, 5) is 4.55. The smallest absolute Gasteiger partial charge is 0.115 e. The molecule has 0 amide bonds. The Morgan fingerprint density at radius 2 is 1.43 bits per heavy atom. The van der Waals surface area contributed by atoms with Crippen molar-refractivity contribution < 1.29 is 5.11 Å². The second-order valence-electron chi connectivity index (χ2n) is 15.5. The fraction of sp³-hybridized carbons (Fsp3) is 0.0909. The topological polar surface area (TPSA) is 26.7 Å². The highest BCUT2D eigenvalue weighted by Gasteiger charge is 2.52. The van der Waals surface area contributed by atoms with Crippen LogP contribution < -0.4 is 9.80 Å². The lowest BCUT2D eigenvalue weighted by Gasteiger charge is -2.35. The second-order valence-corrected chi connectivity index (χ2v) is 15.5. The van der Waals surface area contributed by atoms with Gasteiger partial charge in [-0.25, -0.2) is 0 Å². The molecule has 6 aromatic rings. The molecule has 1 N–H and O–H groups in total. The Balaban J connectivity index is 1.09. The fourth-order valence-corrected chi connectivity index (χ4v) is 9.85. The summed E-state index contributed by atoms with van der Waals surface area (Å²) >= 11 is 0. The zero-order chi connectivity index (χ0) is 39.4. The van der Waals surface area contributed by atoms with Gasteiger partial charge in [-0.05, 0) is 166 Å². The van der Waals surface area contributed by atoms with Crippen LogP contribution in [0, 0.1) is 0 Å². The number of phenolic OH excluding ortho intramolecular Hbond substituents is 1. The van der Waals surface area contributed by atoms with Crippen LogP contribution in [-0.4, -0.2) is 5.11 Å². The minimum Gasteiger partial charge on any atom is -0.508 e. The lowest BCUT2D eigenvalue weighted by atomic mass is 9.67. The van der Waals surface area contributed by atoms with E-state index in [4.69, 9.17) is 0 Å². The molecule has 0 fully saturated rings. The van der Waals surface area contributed by atoms with Gasteiger partial charge in [0.05, 0.1) is 5.41 Å². The minimum absolute atomic E-state index is 0.241. The zero-order valence-electron chi connectivity index (χ0n) is 32.7. The Kier molecular flexibility index (Phi) is 8.60. The second kappa shape index (κ2) is 14.1. The molecular formula is C55H44N2O. The van der Waals surface area contributed by atoms with Crippen molar-refractivity contribution in [3.05, 3.63) is 240 Å². The third kappa shape index (κ3) is 5.49. The summed E-state index contributed by atoms with van der Waals surface area (Å²) < 4.78 is 0. The van der Waals surface area contributed by atoms with Gasteiger partial charge in [-0.2, -0.15) is 0 Å². The number of fused-ring (bicyclic) bond motifs is 7. The van der Waals surface area contributed by atoms with Gasteiger partial charge >= 0.3 is 0 Å². The van der Waals surface area contributed by atoms with Crippen LogP contribution in [0.15, 0.2) is 212 Å². The van der Waals surface area contributed by atoms with E-state index < -0.39 is 5.41 Å². The van der Waals surface area contributed by atoms with Crippen molar-refractivity contribution in [2.75, 3.05) is 9.80 Å². The number of benzene rings is 6. The van der Waals surface area contributed by atoms with Gasteiger partial charge in [0.1, 0.15) is 5.75 Å². The average molecular weight is 749 g/mol. The van der Waals surface area contributed by atoms with Gasteiger partial charge in [-0.15, -0.1) is 0 Å². The number of hydrogen-bond donors (Lipinski definition) is 1. The largest absolute Gasteiger partial charge is 0.508 e. The lowest BCUT2D eigenvalue weighted by molar-refractivity contribution is 0.475. The minimum atomic E-state index is -0.404. The standard InChI is InChI=1S/C55H44N2O/c1-4-5-20-50-38(3)47-18-9-11-21-51(47)55(50)52-22-12-10-19-48(52)49-33-30-45(36-53(49)55)57(44-28-31-46(58)32-29-44)43-26-23-39(24-27-43)40-25-34-54-41(35-40)15-13-14-37(2)56(54)42-16-7-6-8-17-42/h4-11,13-14,16-21,23-36,58H,1-2,12,15,22H2,3H3/b20-5-. The Labute approximate surface area is 341 Å². The van der Waals surface area contributed by atoms with E-state index in [0.717, 1.165) is 59.0 Å². The number of anilines is 5. The first-order valence-corrected chi connectivity index (χ1v) is 20.2. The lowest BCUT2D eigenvalue weighted by Crippen LogP contribution is -2.29. The summed E-state index contributed by atoms with van der Waals surface area (Å²) in [7, 11) is 0. The first kappa shape index (κ1) is 35.3. The van der Waals surface area contributed by atoms with Crippen LogP contribution in [0.25, 0.3) is 22.3 Å². The molecule has 3 nitrogen and oxygen atoms in total. The Morgan fingerprint density at radius 3 is 2.22 bits per heavy atom. The molecule has 3 aliphatic carbocycles. The maximum absolute atomic E-state index is 10.4. The van der Waals surface area contributed by atoms with Crippen LogP contribution >= 0.6 is 0 Å². The molecule has 0 radical (unpaired) electrons. The van der Waals surface area contributed by atoms with E-state index in [-0.39, 0.29) is 5.75 Å². The summed E-state index contributed by atoms with van der Waals surface area (Å²) in [5, 5.41) is 10.4. The van der Waals surface area contributed by atoms with Gasteiger partial charge in [-0.3, -0.25) is 0 Å². The highest BCUT2D eigenvalue weighted by molar-refractivity contribution is 5.98. The summed E-state index contributed by atoms with van der Waals surface area (Å²) in [6, 6.07) is 49.6. The molecule has 0 saturated heterocycles. The summed E-state index contributed by atoms with van der Waals surface area (Å²) in [5.74, 6) is 0.241. The highest BCUT2D eigenvalue weighted by atomic mass is 16.3. The van der Waals surface area contributed by atoms with Gasteiger partial charge in [0, 0.05) is 34.1 Å². The van der Waals surface area contributed by atoms with Gasteiger partial charge in [-0.1, -0.05) is 116 Å². The van der Waals surface area contributed by atoms with Crippen LogP contribution in [-0.2, 0) is 11.8 Å². The predicted molar refractivity (Wildman–Crippen MR) is 243 cm³/mol. The van der Waals surface area contributed by atoms with Crippen LogP contribution in [0.5, 0.6) is 5.75 Å². The zero-order valence-corrected chi connectivity index (χ0v) is 32.7. The van der Waals surface area contributed by atoms with E-state index in [1.54, 1.807) is 12.1 Å². The van der Waals surface area contributed by atoms with Crippen molar-refractivity contribution >= 4 is 39.6 Å². The molecular weight excluding hydrogens is 705 g/mol. The molecule has 0 bridgehead atoms. The molecule has 1 unspecified atom stereocenters. The van der Waals surface area contributed by atoms with Crippen molar-refractivity contribution in [1.82, 2.24) is 0 Å². The molecule has 1 atom stereocenters. The fourth-order valence-electron chi connectivity index (χ4n) is 9.85. The Hall–Kier alpha value is -7.10. The van der Waals surface area contributed by atoms with E-state index in [1.807, 2.05) is 24.3 Å². The molecule has 0 saturated carbocycles. The van der Waals surface area contributed by atoms with Gasteiger partial charge < -0.3 is 14.9 Å². The normalized spacial score (nSPS) is 17.7. The van der Waals surface area contributed by atoms with Crippen LogP contribution in [0.2, 0.25) is 0 Å². The molecule has 1 aliphatic heterocycles. The summed E-state index contributed by atoms with van der Waals surface area (Å²) in [6.45, 7) is 10.7. The quantitative estimate of drug-likeness (QED) is 0.165. The van der Waals surface area contributed by atoms with E-state index in [1.165, 1.54) is 55.7 Å². The molecule has 1 spiro atoms. The molecule has 280 valence electrons. The Bertz CT molecular complexity index is 2800. The van der Waals surface area contributed by atoms with Crippen LogP contribution in [0.4, 0.5) is 28.4 Å². The number of rotatable bonds is 7. The van der Waals surface area contributed by atoms with Crippen molar-refractivity contribution in [2.24, 2.45) is 0 Å². The molecule has 3 heteroatoms. The third-order valence-corrected chi connectivity index (χ3v) is 12.4. The molecule has 4 aliphatic rings. The van der Waals surface area contributed by atoms with Crippen molar-refractivity contribution in [3.8, 4) is 16.9 Å². The summed E-state index contributed by atoms with van der Waals surface area (Å²) in [5.41, 5.74) is 20.1. The van der Waals surface area contributed by atoms with Crippen molar-refractivity contribution in [2.45, 2.75) is 31.6 Å². The maximum Gasteiger partial charge on any atom is 0.115 e. The van der Waals surface area contributed by atoms with E-state index >= 15 is 0 Å². The molecule has 6 aromatic carbocycles. The maximum atomic E-state index is 10.4. The SMILES string of the molecule is C=C/C=C\C1=C(C)c2ccccc2C12C1=C(C=CCC1)c1ccc(N(c3ccc(O)cc3)c3ccc(-c4ccc5c(c4)CC=CC(=C)N5c4ccccc4)cc3)cc12. The molecule has 1 heterocycles. The van der Waals surface area contributed by atoms with Gasteiger partial charge in [0.15, 0.2) is 0 Å². The highest BCUT2D eigenvalue weighted by Crippen LogP contribution is 2.63. The van der Waals surface area contributed by atoms with E-state index in [0.29, 0.717) is 0 Å². The van der Waals surface area contributed by atoms with Crippen molar-refractivity contribution in [3.63, 3.8) is 0 Å². The molecule has 0 aromatic heterocycles. The number of aromatic hydroxyl groups is 1. The van der Waals surface area contributed by atoms with Gasteiger partial charge in [0.25, 0.3) is 0 Å². The van der Waals surface area contributed by atoms with Gasteiger partial charge in [0.2, 0.25) is 0 Å². The number of para-hydroxylation sites is 1. The van der Waals surface area contributed by atoms with Crippen molar-refractivity contribution in [1.29, 1.82) is 0 Å². The van der Waals surface area contributed by atoms with E-state index in [9.17, 15) is 5.11 Å². The van der Waals surface area contributed by atoms with Crippen LogP contribution in [0.3, 0.4) is 0 Å². The number of phenols is 1. The third-order valence-electron chi connectivity index (χ3n) is 12.4.